The molecule has 0 atom stereocenters. The summed E-state index contributed by atoms with van der Waals surface area (Å²) in [6.45, 7) is 1.60. The molecule has 1 aromatic carbocycles. The molecule has 0 spiro atoms. The average Bonchev–Trinajstić information content (AvgIpc) is 2.32. The van der Waals surface area contributed by atoms with E-state index in [2.05, 4.69) is 5.32 Å². The molecule has 0 radical (unpaired) electrons. The highest BCUT2D eigenvalue weighted by Gasteiger charge is 2.01. The van der Waals surface area contributed by atoms with Gasteiger partial charge in [0.1, 0.15) is 22.2 Å². The van der Waals surface area contributed by atoms with Gasteiger partial charge in [-0.05, 0) is 12.1 Å². The van der Waals surface area contributed by atoms with Gasteiger partial charge in [0.05, 0.1) is 5.75 Å². The maximum absolute atomic E-state index is 10.9. The molecule has 0 aliphatic heterocycles. The smallest absolute Gasteiger partial charge is 0.148 e. The lowest BCUT2D eigenvalue weighted by atomic mass is 10.3. The highest BCUT2D eigenvalue weighted by molar-refractivity contribution is 7.90. The molecular weight excluding hydrogens is 264 g/mol. The van der Waals surface area contributed by atoms with Crippen molar-refractivity contribution in [2.24, 2.45) is 0 Å². The zero-order chi connectivity index (χ0) is 14.3. The van der Waals surface area contributed by atoms with E-state index in [0.717, 1.165) is 11.4 Å². The highest BCUT2D eigenvalue weighted by atomic mass is 32.2. The summed E-state index contributed by atoms with van der Waals surface area (Å²) in [5, 5.41) is 3.03. The molecule has 1 rings (SSSR count). The molecule has 0 fully saturated rings. The molecule has 0 unspecified atom stereocenters. The van der Waals surface area contributed by atoms with Crippen LogP contribution in [0.3, 0.4) is 0 Å². The molecule has 1 N–H and O–H groups in total. The molecule has 19 heavy (non-hydrogen) atoms. The van der Waals surface area contributed by atoms with Crippen molar-refractivity contribution < 1.29 is 13.2 Å². The molecule has 0 saturated heterocycles. The fourth-order valence-electron chi connectivity index (χ4n) is 1.48. The standard InChI is InChI=1S/C13H22N2O3S/c1-15(2)12-5-4-6-13(11-12)18-9-7-14-8-10-19(3,16)17/h4-6,11,14H,7-10H2,1-3H3. The Morgan fingerprint density at radius 2 is 2.00 bits per heavy atom. The zero-order valence-corrected chi connectivity index (χ0v) is 12.5. The van der Waals surface area contributed by atoms with Gasteiger partial charge in [-0.1, -0.05) is 6.07 Å². The lowest BCUT2D eigenvalue weighted by Crippen LogP contribution is -2.26. The van der Waals surface area contributed by atoms with Crippen LogP contribution in [0.2, 0.25) is 0 Å². The number of hydrogen-bond acceptors (Lipinski definition) is 5. The van der Waals surface area contributed by atoms with Gasteiger partial charge in [0, 0.05) is 45.2 Å². The molecular formula is C13H22N2O3S. The zero-order valence-electron chi connectivity index (χ0n) is 11.7. The van der Waals surface area contributed by atoms with Gasteiger partial charge >= 0.3 is 0 Å². The van der Waals surface area contributed by atoms with Crippen LogP contribution in [-0.2, 0) is 9.84 Å². The Morgan fingerprint density at radius 3 is 2.63 bits per heavy atom. The molecule has 0 saturated carbocycles. The predicted molar refractivity (Wildman–Crippen MR) is 78.8 cm³/mol. The van der Waals surface area contributed by atoms with Crippen molar-refractivity contribution in [3.05, 3.63) is 24.3 Å². The Hall–Kier alpha value is -1.27. The average molecular weight is 286 g/mol. The van der Waals surface area contributed by atoms with Crippen molar-refractivity contribution in [2.45, 2.75) is 0 Å². The van der Waals surface area contributed by atoms with E-state index in [1.165, 1.54) is 6.26 Å². The van der Waals surface area contributed by atoms with Crippen LogP contribution >= 0.6 is 0 Å². The summed E-state index contributed by atoms with van der Waals surface area (Å²) in [4.78, 5) is 2.01. The quantitative estimate of drug-likeness (QED) is 0.715. The lowest BCUT2D eigenvalue weighted by molar-refractivity contribution is 0.315. The number of rotatable bonds is 8. The third-order valence-electron chi connectivity index (χ3n) is 2.53. The van der Waals surface area contributed by atoms with Crippen molar-refractivity contribution >= 4 is 15.5 Å². The highest BCUT2D eigenvalue weighted by Crippen LogP contribution is 2.18. The van der Waals surface area contributed by atoms with E-state index in [9.17, 15) is 8.42 Å². The van der Waals surface area contributed by atoms with Gasteiger partial charge in [-0.3, -0.25) is 0 Å². The molecule has 1 aromatic rings. The maximum atomic E-state index is 10.9. The first-order valence-electron chi connectivity index (χ1n) is 6.17. The SMILES string of the molecule is CN(C)c1cccc(OCCNCCS(C)(=O)=O)c1. The molecule has 0 bridgehead atoms. The topological polar surface area (TPSA) is 58.6 Å². The molecule has 5 nitrogen and oxygen atoms in total. The number of nitrogens with one attached hydrogen (secondary N) is 1. The Bertz CT molecular complexity index is 486. The minimum atomic E-state index is -2.89. The van der Waals surface area contributed by atoms with E-state index in [1.54, 1.807) is 0 Å². The Morgan fingerprint density at radius 1 is 1.26 bits per heavy atom. The number of nitrogens with zero attached hydrogens (tertiary/aromatic N) is 1. The summed E-state index contributed by atoms with van der Waals surface area (Å²) >= 11 is 0. The van der Waals surface area contributed by atoms with Crippen LogP contribution in [0.5, 0.6) is 5.75 Å². The summed E-state index contributed by atoms with van der Waals surface area (Å²) in [5.74, 6) is 0.972. The minimum Gasteiger partial charge on any atom is -0.492 e. The van der Waals surface area contributed by atoms with Crippen molar-refractivity contribution in [1.29, 1.82) is 0 Å². The van der Waals surface area contributed by atoms with Gasteiger partial charge in [0.2, 0.25) is 0 Å². The molecule has 0 aliphatic rings. The largest absolute Gasteiger partial charge is 0.492 e. The van der Waals surface area contributed by atoms with E-state index >= 15 is 0 Å². The van der Waals surface area contributed by atoms with Crippen LogP contribution in [-0.4, -0.2) is 54.2 Å². The van der Waals surface area contributed by atoms with Gasteiger partial charge in [-0.2, -0.15) is 0 Å². The number of hydrogen-bond donors (Lipinski definition) is 1. The van der Waals surface area contributed by atoms with E-state index < -0.39 is 9.84 Å². The van der Waals surface area contributed by atoms with Crippen LogP contribution in [0.15, 0.2) is 24.3 Å². The van der Waals surface area contributed by atoms with Gasteiger partial charge in [0.15, 0.2) is 0 Å². The van der Waals surface area contributed by atoms with Gasteiger partial charge < -0.3 is 15.0 Å². The van der Waals surface area contributed by atoms with Gasteiger partial charge in [-0.15, -0.1) is 0 Å². The summed E-state index contributed by atoms with van der Waals surface area (Å²) in [6, 6.07) is 7.83. The Balaban J connectivity index is 2.24. The second-order valence-corrected chi connectivity index (χ2v) is 6.88. The van der Waals surface area contributed by atoms with Crippen LogP contribution in [0.4, 0.5) is 5.69 Å². The second-order valence-electron chi connectivity index (χ2n) is 4.62. The second kappa shape index (κ2) is 7.35. The summed E-state index contributed by atoms with van der Waals surface area (Å²) in [5.41, 5.74) is 1.09. The predicted octanol–water partition coefficient (Wildman–Crippen LogP) is 0.766. The van der Waals surface area contributed by atoms with Crippen molar-refractivity contribution in [3.8, 4) is 5.75 Å². The van der Waals surface area contributed by atoms with E-state index in [4.69, 9.17) is 4.74 Å². The van der Waals surface area contributed by atoms with Crippen molar-refractivity contribution in [1.82, 2.24) is 5.32 Å². The fourth-order valence-corrected chi connectivity index (χ4v) is 1.99. The number of sulfone groups is 1. The first-order valence-corrected chi connectivity index (χ1v) is 8.23. The summed E-state index contributed by atoms with van der Waals surface area (Å²) in [7, 11) is 1.07. The van der Waals surface area contributed by atoms with Gasteiger partial charge in [0.25, 0.3) is 0 Å². The Labute approximate surface area is 115 Å². The van der Waals surface area contributed by atoms with Crippen LogP contribution in [0, 0.1) is 0 Å². The monoisotopic (exact) mass is 286 g/mol. The van der Waals surface area contributed by atoms with Crippen LogP contribution < -0.4 is 15.0 Å². The number of anilines is 1. The van der Waals surface area contributed by atoms with Crippen LogP contribution in [0.25, 0.3) is 0 Å². The third-order valence-corrected chi connectivity index (χ3v) is 3.48. The summed E-state index contributed by atoms with van der Waals surface area (Å²) in [6.07, 6.45) is 1.23. The van der Waals surface area contributed by atoms with Crippen molar-refractivity contribution in [3.63, 3.8) is 0 Å². The van der Waals surface area contributed by atoms with Crippen molar-refractivity contribution in [2.75, 3.05) is 50.7 Å². The first kappa shape index (κ1) is 15.8. The van der Waals surface area contributed by atoms with E-state index in [-0.39, 0.29) is 5.75 Å². The molecule has 0 amide bonds. The first-order chi connectivity index (χ1) is 8.88. The lowest BCUT2D eigenvalue weighted by Gasteiger charge is -2.14. The molecule has 0 aliphatic carbocycles. The molecule has 6 heteroatoms. The molecule has 0 aromatic heterocycles. The maximum Gasteiger partial charge on any atom is 0.148 e. The van der Waals surface area contributed by atoms with E-state index in [0.29, 0.717) is 19.7 Å². The summed E-state index contributed by atoms with van der Waals surface area (Å²) < 4.78 is 27.4. The Kier molecular flexibility index (Phi) is 6.11. The van der Waals surface area contributed by atoms with Crippen LogP contribution in [0.1, 0.15) is 0 Å². The minimum absolute atomic E-state index is 0.156. The normalized spacial score (nSPS) is 11.3. The number of benzene rings is 1. The molecule has 108 valence electrons. The molecule has 0 heterocycles. The van der Waals surface area contributed by atoms with E-state index in [1.807, 2.05) is 43.3 Å². The van der Waals surface area contributed by atoms with Gasteiger partial charge in [-0.25, -0.2) is 8.42 Å². The number of ether oxygens (including phenoxy) is 1. The third kappa shape index (κ3) is 7.03. The fraction of sp³-hybridized carbons (Fsp3) is 0.538.